The third-order valence-corrected chi connectivity index (χ3v) is 2.70. The van der Waals surface area contributed by atoms with Crippen LogP contribution in [0.15, 0.2) is 12.3 Å². The van der Waals surface area contributed by atoms with Crippen LogP contribution >= 0.6 is 0 Å². The molecular formula is C10H12N4O. The molecule has 2 rings (SSSR count). The normalized spacial score (nSPS) is 17.4. The van der Waals surface area contributed by atoms with Crippen molar-refractivity contribution in [3.63, 3.8) is 0 Å². The number of H-pyrrole nitrogens is 1. The molecule has 1 fully saturated rings. The molecule has 0 saturated carbocycles. The Kier molecular flexibility index (Phi) is 2.68. The predicted octanol–water partition coefficient (Wildman–Crippen LogP) is 0.785. The summed E-state index contributed by atoms with van der Waals surface area (Å²) in [4.78, 5) is 13.6. The van der Waals surface area contributed by atoms with Crippen molar-refractivity contribution in [3.05, 3.63) is 18.0 Å². The number of likely N-dealkylation sites (tertiary alicyclic amines) is 1. The summed E-state index contributed by atoms with van der Waals surface area (Å²) in [5.41, 5.74) is 0.519. The van der Waals surface area contributed by atoms with Gasteiger partial charge in [0.05, 0.1) is 6.07 Å². The topological polar surface area (TPSA) is 72.8 Å². The van der Waals surface area contributed by atoms with Gasteiger partial charge in [0.15, 0.2) is 0 Å². The third kappa shape index (κ3) is 1.99. The maximum absolute atomic E-state index is 11.8. The third-order valence-electron chi connectivity index (χ3n) is 2.70. The average molecular weight is 204 g/mol. The molecule has 0 spiro atoms. The van der Waals surface area contributed by atoms with Gasteiger partial charge in [-0.05, 0) is 18.9 Å². The van der Waals surface area contributed by atoms with Crippen molar-refractivity contribution in [1.29, 1.82) is 5.26 Å². The van der Waals surface area contributed by atoms with Gasteiger partial charge in [0, 0.05) is 25.2 Å². The number of carbonyl (C=O) groups excluding carboxylic acids is 1. The number of piperidine rings is 1. The van der Waals surface area contributed by atoms with E-state index in [-0.39, 0.29) is 11.8 Å². The van der Waals surface area contributed by atoms with Gasteiger partial charge in [-0.15, -0.1) is 0 Å². The lowest BCUT2D eigenvalue weighted by atomic mass is 9.98. The van der Waals surface area contributed by atoms with E-state index in [9.17, 15) is 4.79 Å². The lowest BCUT2D eigenvalue weighted by Gasteiger charge is -2.28. The maximum Gasteiger partial charge on any atom is 0.271 e. The highest BCUT2D eigenvalue weighted by Crippen LogP contribution is 2.17. The van der Waals surface area contributed by atoms with E-state index in [2.05, 4.69) is 16.3 Å². The minimum atomic E-state index is -0.0242. The van der Waals surface area contributed by atoms with E-state index in [1.54, 1.807) is 17.2 Å². The fourth-order valence-electron chi connectivity index (χ4n) is 1.76. The zero-order valence-corrected chi connectivity index (χ0v) is 8.31. The van der Waals surface area contributed by atoms with Crippen LogP contribution in [-0.2, 0) is 0 Å². The number of aromatic amines is 1. The molecule has 5 nitrogen and oxygen atoms in total. The Labute approximate surface area is 87.7 Å². The number of nitrogens with zero attached hydrogens (tertiary/aromatic N) is 3. The van der Waals surface area contributed by atoms with Crippen LogP contribution in [0.3, 0.4) is 0 Å². The molecule has 0 atom stereocenters. The molecule has 0 radical (unpaired) electrons. The minimum Gasteiger partial charge on any atom is -0.337 e. The minimum absolute atomic E-state index is 0.0242. The summed E-state index contributed by atoms with van der Waals surface area (Å²) in [7, 11) is 0. The first kappa shape index (κ1) is 9.71. The zero-order chi connectivity index (χ0) is 10.7. The highest BCUT2D eigenvalue weighted by molar-refractivity contribution is 5.92. The Morgan fingerprint density at radius 3 is 2.87 bits per heavy atom. The van der Waals surface area contributed by atoms with Gasteiger partial charge in [-0.1, -0.05) is 0 Å². The molecule has 1 saturated heterocycles. The van der Waals surface area contributed by atoms with Crippen molar-refractivity contribution in [2.75, 3.05) is 13.1 Å². The van der Waals surface area contributed by atoms with E-state index in [1.807, 2.05) is 0 Å². The summed E-state index contributed by atoms with van der Waals surface area (Å²) in [5.74, 6) is 0.0831. The summed E-state index contributed by atoms with van der Waals surface area (Å²) < 4.78 is 0. The van der Waals surface area contributed by atoms with Gasteiger partial charge in [0.25, 0.3) is 5.91 Å². The summed E-state index contributed by atoms with van der Waals surface area (Å²) >= 11 is 0. The van der Waals surface area contributed by atoms with Gasteiger partial charge in [-0.2, -0.15) is 10.4 Å². The molecule has 1 aliphatic rings. The second-order valence-electron chi connectivity index (χ2n) is 3.67. The summed E-state index contributed by atoms with van der Waals surface area (Å²) in [6.45, 7) is 1.33. The number of rotatable bonds is 1. The molecule has 1 amide bonds. The molecule has 0 bridgehead atoms. The Morgan fingerprint density at radius 1 is 1.60 bits per heavy atom. The van der Waals surface area contributed by atoms with Crippen molar-refractivity contribution in [1.82, 2.24) is 15.1 Å². The SMILES string of the molecule is N#CC1CCN(C(=O)c2ccn[nH]2)CC1. The van der Waals surface area contributed by atoms with Crippen LogP contribution in [0, 0.1) is 17.2 Å². The smallest absolute Gasteiger partial charge is 0.271 e. The molecular weight excluding hydrogens is 192 g/mol. The predicted molar refractivity (Wildman–Crippen MR) is 52.8 cm³/mol. The number of nitriles is 1. The van der Waals surface area contributed by atoms with Crippen LogP contribution in [0.1, 0.15) is 23.3 Å². The fourth-order valence-corrected chi connectivity index (χ4v) is 1.76. The molecule has 0 aliphatic carbocycles. The molecule has 2 heterocycles. The molecule has 15 heavy (non-hydrogen) atoms. The number of hydrogen-bond donors (Lipinski definition) is 1. The number of amides is 1. The number of hydrogen-bond acceptors (Lipinski definition) is 3. The average Bonchev–Trinajstić information content (AvgIpc) is 2.82. The first-order valence-corrected chi connectivity index (χ1v) is 4.99. The quantitative estimate of drug-likeness (QED) is 0.734. The molecule has 1 aromatic heterocycles. The summed E-state index contributed by atoms with van der Waals surface area (Å²) in [5, 5.41) is 15.1. The number of carbonyl (C=O) groups is 1. The van der Waals surface area contributed by atoms with Crippen LogP contribution < -0.4 is 0 Å². The second kappa shape index (κ2) is 4.13. The molecule has 0 unspecified atom stereocenters. The van der Waals surface area contributed by atoms with Gasteiger partial charge in [0.2, 0.25) is 0 Å². The van der Waals surface area contributed by atoms with E-state index < -0.39 is 0 Å². The molecule has 1 aliphatic heterocycles. The summed E-state index contributed by atoms with van der Waals surface area (Å²) in [6, 6.07) is 3.91. The van der Waals surface area contributed by atoms with Crippen LogP contribution in [0.5, 0.6) is 0 Å². The first-order valence-electron chi connectivity index (χ1n) is 4.99. The monoisotopic (exact) mass is 204 g/mol. The Hall–Kier alpha value is -1.83. The lowest BCUT2D eigenvalue weighted by Crippen LogP contribution is -2.38. The van der Waals surface area contributed by atoms with E-state index >= 15 is 0 Å². The van der Waals surface area contributed by atoms with E-state index in [0.717, 1.165) is 12.8 Å². The van der Waals surface area contributed by atoms with Gasteiger partial charge in [-0.3, -0.25) is 9.89 Å². The summed E-state index contributed by atoms with van der Waals surface area (Å²) in [6.07, 6.45) is 3.11. The Bertz CT molecular complexity index is 371. The number of aromatic nitrogens is 2. The second-order valence-corrected chi connectivity index (χ2v) is 3.67. The van der Waals surface area contributed by atoms with Crippen LogP contribution in [0.25, 0.3) is 0 Å². The van der Waals surface area contributed by atoms with E-state index in [1.165, 1.54) is 0 Å². The maximum atomic E-state index is 11.8. The Balaban J connectivity index is 1.97. The lowest BCUT2D eigenvalue weighted by molar-refractivity contribution is 0.0701. The van der Waals surface area contributed by atoms with Crippen molar-refractivity contribution < 1.29 is 4.79 Å². The zero-order valence-electron chi connectivity index (χ0n) is 8.31. The van der Waals surface area contributed by atoms with Gasteiger partial charge in [-0.25, -0.2) is 0 Å². The van der Waals surface area contributed by atoms with Gasteiger partial charge < -0.3 is 4.90 Å². The Morgan fingerprint density at radius 2 is 2.33 bits per heavy atom. The highest BCUT2D eigenvalue weighted by atomic mass is 16.2. The van der Waals surface area contributed by atoms with Crippen LogP contribution in [0.4, 0.5) is 0 Å². The largest absolute Gasteiger partial charge is 0.337 e. The van der Waals surface area contributed by atoms with E-state index in [4.69, 9.17) is 5.26 Å². The number of nitrogens with one attached hydrogen (secondary N) is 1. The van der Waals surface area contributed by atoms with E-state index in [0.29, 0.717) is 18.8 Å². The van der Waals surface area contributed by atoms with Crippen LogP contribution in [0.2, 0.25) is 0 Å². The van der Waals surface area contributed by atoms with Gasteiger partial charge in [0.1, 0.15) is 5.69 Å². The van der Waals surface area contributed by atoms with Gasteiger partial charge >= 0.3 is 0 Å². The van der Waals surface area contributed by atoms with Crippen LogP contribution in [-0.4, -0.2) is 34.1 Å². The molecule has 1 aromatic rings. The van der Waals surface area contributed by atoms with Crippen molar-refractivity contribution in [2.45, 2.75) is 12.8 Å². The first-order chi connectivity index (χ1) is 7.31. The molecule has 5 heteroatoms. The molecule has 1 N–H and O–H groups in total. The van der Waals surface area contributed by atoms with Crippen molar-refractivity contribution >= 4 is 5.91 Å². The standard InChI is InChI=1S/C10H12N4O/c11-7-8-2-5-14(6-3-8)10(15)9-1-4-12-13-9/h1,4,8H,2-3,5-6H2,(H,12,13). The van der Waals surface area contributed by atoms with Crippen molar-refractivity contribution in [3.8, 4) is 6.07 Å². The molecule has 0 aromatic carbocycles. The molecule has 78 valence electrons. The van der Waals surface area contributed by atoms with Crippen molar-refractivity contribution in [2.24, 2.45) is 5.92 Å². The fraction of sp³-hybridized carbons (Fsp3) is 0.500. The highest BCUT2D eigenvalue weighted by Gasteiger charge is 2.23.